The first-order valence-electron chi connectivity index (χ1n) is 5.51. The van der Waals surface area contributed by atoms with Crippen molar-refractivity contribution in [3.05, 3.63) is 17.0 Å². The number of likely N-dealkylation sites (N-methyl/N-ethyl adjacent to an activating group) is 1. The maximum Gasteiger partial charge on any atom is 0.0659 e. The minimum atomic E-state index is 1.05. The van der Waals surface area contributed by atoms with Crippen LogP contribution in [-0.4, -0.2) is 23.4 Å². The van der Waals surface area contributed by atoms with E-state index in [2.05, 4.69) is 22.1 Å². The molecular formula is C11H19N3. The molecule has 0 aromatic carbocycles. The highest BCUT2D eigenvalue weighted by molar-refractivity contribution is 5.28. The van der Waals surface area contributed by atoms with E-state index in [1.54, 1.807) is 0 Å². The third-order valence-corrected chi connectivity index (χ3v) is 3.06. The maximum absolute atomic E-state index is 4.59. The molecule has 0 saturated carbocycles. The fourth-order valence-corrected chi connectivity index (χ4v) is 2.30. The Kier molecular flexibility index (Phi) is 2.87. The van der Waals surface area contributed by atoms with Crippen LogP contribution in [-0.2, 0) is 26.3 Å². The monoisotopic (exact) mass is 193 g/mol. The molecule has 1 aliphatic rings. The van der Waals surface area contributed by atoms with Crippen molar-refractivity contribution in [2.45, 2.75) is 32.1 Å². The predicted octanol–water partition coefficient (Wildman–Crippen LogP) is 1.06. The Hall–Kier alpha value is -0.830. The van der Waals surface area contributed by atoms with Crippen molar-refractivity contribution in [1.82, 2.24) is 15.1 Å². The Morgan fingerprint density at radius 1 is 1.36 bits per heavy atom. The van der Waals surface area contributed by atoms with E-state index in [-0.39, 0.29) is 0 Å². The van der Waals surface area contributed by atoms with Crippen molar-refractivity contribution >= 4 is 0 Å². The molecule has 14 heavy (non-hydrogen) atoms. The summed E-state index contributed by atoms with van der Waals surface area (Å²) in [5, 5.41) is 7.79. The van der Waals surface area contributed by atoms with Crippen LogP contribution >= 0.6 is 0 Å². The van der Waals surface area contributed by atoms with Crippen LogP contribution in [0.2, 0.25) is 0 Å². The lowest BCUT2D eigenvalue weighted by Crippen LogP contribution is -2.14. The molecule has 0 bridgehead atoms. The van der Waals surface area contributed by atoms with E-state index in [1.165, 1.54) is 42.6 Å². The minimum Gasteiger partial charge on any atom is -0.319 e. The lowest BCUT2D eigenvalue weighted by molar-refractivity contribution is 0.662. The van der Waals surface area contributed by atoms with E-state index in [9.17, 15) is 0 Å². The fourth-order valence-electron chi connectivity index (χ4n) is 2.30. The predicted molar refractivity (Wildman–Crippen MR) is 57.5 cm³/mol. The standard InChI is InChI=1S/C11H19N3/c1-12-8-7-11-9-5-3-4-6-10(9)13-14(11)2/h12H,3-8H2,1-2H3. The minimum absolute atomic E-state index is 1.05. The zero-order valence-corrected chi connectivity index (χ0v) is 9.14. The number of fused-ring (bicyclic) bond motifs is 1. The third kappa shape index (κ3) is 1.69. The second-order valence-electron chi connectivity index (χ2n) is 4.06. The van der Waals surface area contributed by atoms with E-state index >= 15 is 0 Å². The molecule has 2 rings (SSSR count). The summed E-state index contributed by atoms with van der Waals surface area (Å²) < 4.78 is 2.08. The molecule has 1 aromatic rings. The molecule has 1 N–H and O–H groups in total. The molecule has 3 heteroatoms. The van der Waals surface area contributed by atoms with Gasteiger partial charge in [-0.05, 0) is 38.3 Å². The zero-order valence-electron chi connectivity index (χ0n) is 9.14. The van der Waals surface area contributed by atoms with E-state index in [1.807, 2.05) is 7.05 Å². The van der Waals surface area contributed by atoms with Crippen LogP contribution in [0.25, 0.3) is 0 Å². The lowest BCUT2D eigenvalue weighted by Gasteiger charge is -2.11. The van der Waals surface area contributed by atoms with Gasteiger partial charge in [0.05, 0.1) is 5.69 Å². The molecule has 1 aliphatic carbocycles. The number of hydrogen-bond acceptors (Lipinski definition) is 2. The van der Waals surface area contributed by atoms with Gasteiger partial charge in [0.2, 0.25) is 0 Å². The van der Waals surface area contributed by atoms with Gasteiger partial charge in [-0.3, -0.25) is 4.68 Å². The van der Waals surface area contributed by atoms with Gasteiger partial charge in [0.1, 0.15) is 0 Å². The Labute approximate surface area is 85.5 Å². The van der Waals surface area contributed by atoms with Crippen molar-refractivity contribution in [1.29, 1.82) is 0 Å². The van der Waals surface area contributed by atoms with Gasteiger partial charge in [-0.1, -0.05) is 0 Å². The first-order chi connectivity index (χ1) is 6.83. The number of aromatic nitrogens is 2. The lowest BCUT2D eigenvalue weighted by atomic mass is 9.95. The van der Waals surface area contributed by atoms with Crippen molar-refractivity contribution in [2.75, 3.05) is 13.6 Å². The average Bonchev–Trinajstić information content (AvgIpc) is 2.51. The quantitative estimate of drug-likeness (QED) is 0.778. The van der Waals surface area contributed by atoms with E-state index in [0.717, 1.165) is 13.0 Å². The van der Waals surface area contributed by atoms with Crippen molar-refractivity contribution in [3.8, 4) is 0 Å². The third-order valence-electron chi connectivity index (χ3n) is 3.06. The zero-order chi connectivity index (χ0) is 9.97. The highest BCUT2D eigenvalue weighted by atomic mass is 15.3. The van der Waals surface area contributed by atoms with E-state index in [4.69, 9.17) is 0 Å². The Morgan fingerprint density at radius 2 is 2.14 bits per heavy atom. The first-order valence-corrected chi connectivity index (χ1v) is 5.51. The second-order valence-corrected chi connectivity index (χ2v) is 4.06. The molecule has 0 spiro atoms. The summed E-state index contributed by atoms with van der Waals surface area (Å²) in [4.78, 5) is 0. The summed E-state index contributed by atoms with van der Waals surface area (Å²) in [6.07, 6.45) is 6.18. The van der Waals surface area contributed by atoms with E-state index < -0.39 is 0 Å². The van der Waals surface area contributed by atoms with Crippen molar-refractivity contribution in [3.63, 3.8) is 0 Å². The summed E-state index contributed by atoms with van der Waals surface area (Å²) in [5.41, 5.74) is 4.33. The molecule has 0 aliphatic heterocycles. The molecule has 0 unspecified atom stereocenters. The van der Waals surface area contributed by atoms with Gasteiger partial charge >= 0.3 is 0 Å². The Bertz CT molecular complexity index is 315. The van der Waals surface area contributed by atoms with Crippen LogP contribution in [0.1, 0.15) is 29.8 Å². The number of rotatable bonds is 3. The maximum atomic E-state index is 4.59. The second kappa shape index (κ2) is 4.13. The van der Waals surface area contributed by atoms with Gasteiger partial charge in [-0.15, -0.1) is 0 Å². The summed E-state index contributed by atoms with van der Waals surface area (Å²) in [7, 11) is 4.08. The highest BCUT2D eigenvalue weighted by Gasteiger charge is 2.18. The normalized spacial score (nSPS) is 15.6. The molecule has 0 saturated heterocycles. The van der Waals surface area contributed by atoms with Crippen LogP contribution in [0.15, 0.2) is 0 Å². The van der Waals surface area contributed by atoms with Gasteiger partial charge in [-0.25, -0.2) is 0 Å². The molecule has 0 amide bonds. The first kappa shape index (κ1) is 9.71. The molecule has 1 aromatic heterocycles. The highest BCUT2D eigenvalue weighted by Crippen LogP contribution is 2.23. The number of hydrogen-bond donors (Lipinski definition) is 1. The van der Waals surface area contributed by atoms with E-state index in [0.29, 0.717) is 0 Å². The Morgan fingerprint density at radius 3 is 2.93 bits per heavy atom. The van der Waals surface area contributed by atoms with Gasteiger partial charge < -0.3 is 5.32 Å². The van der Waals surface area contributed by atoms with Gasteiger partial charge in [0, 0.05) is 25.7 Å². The SMILES string of the molecule is CNCCc1c2c(nn1C)CCCC2. The Balaban J connectivity index is 2.24. The van der Waals surface area contributed by atoms with Crippen molar-refractivity contribution in [2.24, 2.45) is 7.05 Å². The van der Waals surface area contributed by atoms with Gasteiger partial charge in [-0.2, -0.15) is 5.10 Å². The fraction of sp³-hybridized carbons (Fsp3) is 0.727. The van der Waals surface area contributed by atoms with Gasteiger partial charge in [0.25, 0.3) is 0 Å². The number of nitrogens with one attached hydrogen (secondary N) is 1. The molecule has 0 atom stereocenters. The van der Waals surface area contributed by atoms with Crippen LogP contribution in [0, 0.1) is 0 Å². The summed E-state index contributed by atoms with van der Waals surface area (Å²) in [6.45, 7) is 1.05. The van der Waals surface area contributed by atoms with Crippen LogP contribution in [0.5, 0.6) is 0 Å². The molecule has 0 radical (unpaired) electrons. The average molecular weight is 193 g/mol. The molecular weight excluding hydrogens is 174 g/mol. The molecule has 3 nitrogen and oxygen atoms in total. The largest absolute Gasteiger partial charge is 0.319 e. The van der Waals surface area contributed by atoms with Crippen LogP contribution < -0.4 is 5.32 Å². The van der Waals surface area contributed by atoms with Crippen LogP contribution in [0.4, 0.5) is 0 Å². The summed E-state index contributed by atoms with van der Waals surface area (Å²) >= 11 is 0. The topological polar surface area (TPSA) is 29.9 Å². The smallest absolute Gasteiger partial charge is 0.0659 e. The van der Waals surface area contributed by atoms with Crippen molar-refractivity contribution < 1.29 is 0 Å². The molecule has 78 valence electrons. The molecule has 1 heterocycles. The summed E-state index contributed by atoms with van der Waals surface area (Å²) in [5.74, 6) is 0. The number of nitrogens with zero attached hydrogens (tertiary/aromatic N) is 2. The number of aryl methyl sites for hydroxylation is 2. The summed E-state index contributed by atoms with van der Waals surface area (Å²) in [6, 6.07) is 0. The molecule has 0 fully saturated rings. The van der Waals surface area contributed by atoms with Crippen LogP contribution in [0.3, 0.4) is 0 Å². The van der Waals surface area contributed by atoms with Gasteiger partial charge in [0.15, 0.2) is 0 Å².